The van der Waals surface area contributed by atoms with Crippen molar-refractivity contribution in [2.75, 3.05) is 11.9 Å². The van der Waals surface area contributed by atoms with Crippen molar-refractivity contribution in [3.8, 4) is 0 Å². The smallest absolute Gasteiger partial charge is 0.228 e. The van der Waals surface area contributed by atoms with Crippen LogP contribution in [0.2, 0.25) is 0 Å². The van der Waals surface area contributed by atoms with Crippen LogP contribution in [0.15, 0.2) is 18.2 Å². The summed E-state index contributed by atoms with van der Waals surface area (Å²) in [6.07, 6.45) is 1.15. The van der Waals surface area contributed by atoms with Crippen molar-refractivity contribution in [3.63, 3.8) is 0 Å². The summed E-state index contributed by atoms with van der Waals surface area (Å²) < 4.78 is 5.43. The van der Waals surface area contributed by atoms with Gasteiger partial charge in [0.15, 0.2) is 5.78 Å². The van der Waals surface area contributed by atoms with Gasteiger partial charge in [-0.1, -0.05) is 0 Å². The Balaban J connectivity index is 1.87. The Morgan fingerprint density at radius 2 is 2.28 bits per heavy atom. The first-order valence-corrected chi connectivity index (χ1v) is 6.24. The minimum Gasteiger partial charge on any atom is -0.378 e. The summed E-state index contributed by atoms with van der Waals surface area (Å²) in [7, 11) is 0. The van der Waals surface area contributed by atoms with E-state index in [0.717, 1.165) is 17.7 Å². The predicted octanol–water partition coefficient (Wildman–Crippen LogP) is 1.79. The van der Waals surface area contributed by atoms with E-state index in [1.807, 2.05) is 19.1 Å². The zero-order valence-corrected chi connectivity index (χ0v) is 10.2. The van der Waals surface area contributed by atoms with Crippen LogP contribution < -0.4 is 5.32 Å². The lowest BCUT2D eigenvalue weighted by atomic mass is 9.91. The van der Waals surface area contributed by atoms with Gasteiger partial charge in [0, 0.05) is 17.9 Å². The van der Waals surface area contributed by atoms with Gasteiger partial charge < -0.3 is 10.1 Å². The quantitative estimate of drug-likeness (QED) is 0.808. The third-order valence-electron chi connectivity index (χ3n) is 3.73. The molecule has 2 atom stereocenters. The molecule has 1 aromatic carbocycles. The highest BCUT2D eigenvalue weighted by atomic mass is 16.5. The minimum absolute atomic E-state index is 0.00725. The van der Waals surface area contributed by atoms with Crippen molar-refractivity contribution in [2.45, 2.75) is 25.9 Å². The van der Waals surface area contributed by atoms with E-state index in [1.54, 1.807) is 6.07 Å². The van der Waals surface area contributed by atoms with Gasteiger partial charge in [0.1, 0.15) is 0 Å². The Labute approximate surface area is 105 Å². The largest absolute Gasteiger partial charge is 0.378 e. The monoisotopic (exact) mass is 245 g/mol. The summed E-state index contributed by atoms with van der Waals surface area (Å²) in [5.41, 5.74) is 2.43. The molecule has 94 valence electrons. The van der Waals surface area contributed by atoms with Gasteiger partial charge >= 0.3 is 0 Å². The van der Waals surface area contributed by atoms with Gasteiger partial charge in [-0.05, 0) is 37.1 Å². The first-order chi connectivity index (χ1) is 8.65. The highest BCUT2D eigenvalue weighted by Gasteiger charge is 2.32. The van der Waals surface area contributed by atoms with Crippen molar-refractivity contribution in [1.82, 2.24) is 0 Å². The number of ether oxygens (including phenoxy) is 1. The number of benzene rings is 1. The molecule has 0 spiro atoms. The maximum atomic E-state index is 12.4. The number of carbonyl (C=O) groups is 2. The molecule has 0 saturated carbocycles. The molecule has 0 aliphatic carbocycles. The summed E-state index contributed by atoms with van der Waals surface area (Å²) in [5.74, 6) is 0.0717. The van der Waals surface area contributed by atoms with Crippen molar-refractivity contribution < 1.29 is 14.3 Å². The molecular formula is C14H15NO3. The Kier molecular flexibility index (Phi) is 2.67. The van der Waals surface area contributed by atoms with E-state index in [9.17, 15) is 9.59 Å². The van der Waals surface area contributed by atoms with Crippen molar-refractivity contribution >= 4 is 17.4 Å². The molecule has 2 aliphatic rings. The third kappa shape index (κ3) is 1.82. The molecule has 1 amide bonds. The van der Waals surface area contributed by atoms with Gasteiger partial charge in [-0.3, -0.25) is 9.59 Å². The minimum atomic E-state index is -0.0480. The lowest BCUT2D eigenvalue weighted by Gasteiger charge is -2.13. The first-order valence-electron chi connectivity index (χ1n) is 6.24. The molecule has 4 nitrogen and oxygen atoms in total. The van der Waals surface area contributed by atoms with Crippen LogP contribution in [0.1, 0.15) is 29.3 Å². The predicted molar refractivity (Wildman–Crippen MR) is 66.6 cm³/mol. The molecule has 0 bridgehead atoms. The number of fused-ring (bicyclic) bond motifs is 1. The number of Topliss-reactive ketones (excluding diaryl/α,β-unsaturated/α-hetero) is 1. The molecule has 4 heteroatoms. The summed E-state index contributed by atoms with van der Waals surface area (Å²) in [5, 5.41) is 2.77. The van der Waals surface area contributed by atoms with E-state index in [2.05, 4.69) is 5.32 Å². The molecule has 0 aromatic heterocycles. The summed E-state index contributed by atoms with van der Waals surface area (Å²) in [6, 6.07) is 5.44. The number of rotatable bonds is 2. The Hall–Kier alpha value is -1.68. The van der Waals surface area contributed by atoms with Gasteiger partial charge in [-0.2, -0.15) is 0 Å². The molecule has 2 heterocycles. The maximum Gasteiger partial charge on any atom is 0.228 e. The summed E-state index contributed by atoms with van der Waals surface area (Å²) in [4.78, 5) is 23.6. The second-order valence-electron chi connectivity index (χ2n) is 4.93. The van der Waals surface area contributed by atoms with Crippen LogP contribution in [-0.2, 0) is 16.0 Å². The molecule has 1 fully saturated rings. The average molecular weight is 245 g/mol. The standard InChI is InChI=1S/C14H15NO3/c1-8-11(4-5-18-8)14(17)9-2-3-12-10(6-9)7-13(16)15-12/h2-3,6,8,11H,4-5,7H2,1H3,(H,15,16). The molecule has 0 radical (unpaired) electrons. The summed E-state index contributed by atoms with van der Waals surface area (Å²) >= 11 is 0. The van der Waals surface area contributed by atoms with Crippen molar-refractivity contribution in [2.24, 2.45) is 5.92 Å². The van der Waals surface area contributed by atoms with E-state index >= 15 is 0 Å². The molecule has 3 rings (SSSR count). The van der Waals surface area contributed by atoms with Crippen molar-refractivity contribution in [1.29, 1.82) is 0 Å². The maximum absolute atomic E-state index is 12.4. The fraction of sp³-hybridized carbons (Fsp3) is 0.429. The molecule has 2 unspecified atom stereocenters. The van der Waals surface area contributed by atoms with E-state index in [-0.39, 0.29) is 23.7 Å². The van der Waals surface area contributed by atoms with Gasteiger partial charge in [0.2, 0.25) is 5.91 Å². The number of carbonyl (C=O) groups excluding carboxylic acids is 2. The highest BCUT2D eigenvalue weighted by molar-refractivity contribution is 6.03. The second kappa shape index (κ2) is 4.21. The van der Waals surface area contributed by atoms with Gasteiger partial charge in [-0.25, -0.2) is 0 Å². The number of hydrogen-bond acceptors (Lipinski definition) is 3. The molecule has 2 aliphatic heterocycles. The number of ketones is 1. The highest BCUT2D eigenvalue weighted by Crippen LogP contribution is 2.28. The van der Waals surface area contributed by atoms with E-state index < -0.39 is 0 Å². The molecule has 18 heavy (non-hydrogen) atoms. The van der Waals surface area contributed by atoms with Crippen LogP contribution in [-0.4, -0.2) is 24.4 Å². The average Bonchev–Trinajstić information content (AvgIpc) is 2.91. The SMILES string of the molecule is CC1OCCC1C(=O)c1ccc2c(c1)CC(=O)N2. The van der Waals surface area contributed by atoms with Crippen LogP contribution in [0.25, 0.3) is 0 Å². The van der Waals surface area contributed by atoms with Crippen LogP contribution in [0.5, 0.6) is 0 Å². The topological polar surface area (TPSA) is 55.4 Å². The number of amides is 1. The van der Waals surface area contributed by atoms with Crippen molar-refractivity contribution in [3.05, 3.63) is 29.3 Å². The Morgan fingerprint density at radius 3 is 3.00 bits per heavy atom. The van der Waals surface area contributed by atoms with Crippen LogP contribution in [0.4, 0.5) is 5.69 Å². The lowest BCUT2D eigenvalue weighted by Crippen LogP contribution is -2.21. The first kappa shape index (κ1) is 11.4. The number of nitrogens with one attached hydrogen (secondary N) is 1. The Bertz CT molecular complexity index is 524. The summed E-state index contributed by atoms with van der Waals surface area (Å²) in [6.45, 7) is 2.59. The zero-order valence-electron chi connectivity index (χ0n) is 10.2. The molecule has 1 saturated heterocycles. The molecular weight excluding hydrogens is 230 g/mol. The normalized spacial score (nSPS) is 25.9. The van der Waals surface area contributed by atoms with Gasteiger partial charge in [-0.15, -0.1) is 0 Å². The second-order valence-corrected chi connectivity index (χ2v) is 4.93. The van der Waals surface area contributed by atoms with Crippen LogP contribution in [0, 0.1) is 5.92 Å². The van der Waals surface area contributed by atoms with E-state index in [4.69, 9.17) is 4.74 Å². The van der Waals surface area contributed by atoms with E-state index in [0.29, 0.717) is 18.6 Å². The Morgan fingerprint density at radius 1 is 1.44 bits per heavy atom. The fourth-order valence-electron chi connectivity index (χ4n) is 2.67. The van der Waals surface area contributed by atoms with Gasteiger partial charge in [0.05, 0.1) is 18.4 Å². The third-order valence-corrected chi connectivity index (χ3v) is 3.73. The lowest BCUT2D eigenvalue weighted by molar-refractivity contribution is -0.115. The molecule has 1 aromatic rings. The van der Waals surface area contributed by atoms with Gasteiger partial charge in [0.25, 0.3) is 0 Å². The van der Waals surface area contributed by atoms with Crippen LogP contribution >= 0.6 is 0 Å². The number of hydrogen-bond donors (Lipinski definition) is 1. The zero-order chi connectivity index (χ0) is 12.7. The van der Waals surface area contributed by atoms with Crippen LogP contribution in [0.3, 0.4) is 0 Å². The fourth-order valence-corrected chi connectivity index (χ4v) is 2.67. The molecule has 1 N–H and O–H groups in total. The number of anilines is 1. The van der Waals surface area contributed by atoms with E-state index in [1.165, 1.54) is 0 Å².